The third-order valence-corrected chi connectivity index (χ3v) is 4.35. The van der Waals surface area contributed by atoms with Gasteiger partial charge in [-0.2, -0.15) is 0 Å². The third-order valence-electron chi connectivity index (χ3n) is 4.35. The summed E-state index contributed by atoms with van der Waals surface area (Å²) < 4.78 is 1.76. The second-order valence-electron chi connectivity index (χ2n) is 6.57. The zero-order valence-electron chi connectivity index (χ0n) is 15.2. The Morgan fingerprint density at radius 1 is 1.04 bits per heavy atom. The van der Waals surface area contributed by atoms with Gasteiger partial charge < -0.3 is 14.8 Å². The largest absolute Gasteiger partial charge is 0.481 e. The summed E-state index contributed by atoms with van der Waals surface area (Å²) in [6.45, 7) is 2.66. The Bertz CT molecular complexity index is 457. The van der Waals surface area contributed by atoms with Crippen molar-refractivity contribution in [2.75, 3.05) is 6.61 Å². The first kappa shape index (κ1) is 20.7. The second-order valence-corrected chi connectivity index (χ2v) is 6.57. The van der Waals surface area contributed by atoms with Gasteiger partial charge in [0, 0.05) is 12.7 Å². The van der Waals surface area contributed by atoms with Crippen LogP contribution in [0.3, 0.4) is 0 Å². The highest BCUT2D eigenvalue weighted by Crippen LogP contribution is 2.13. The molecule has 2 N–H and O–H groups in total. The molecule has 0 aliphatic carbocycles. The molecule has 1 heterocycles. The molecule has 0 bridgehead atoms. The number of carboxylic acids is 1. The Morgan fingerprint density at radius 2 is 1.62 bits per heavy atom. The maximum absolute atomic E-state index is 10.9. The number of aryl methyl sites for hydroxylation is 1. The van der Waals surface area contributed by atoms with Gasteiger partial charge in [0.1, 0.15) is 12.2 Å². The zero-order chi connectivity index (χ0) is 17.6. The first-order valence-corrected chi connectivity index (χ1v) is 9.55. The van der Waals surface area contributed by atoms with E-state index in [0.29, 0.717) is 12.4 Å². The van der Waals surface area contributed by atoms with Gasteiger partial charge in [0.2, 0.25) is 0 Å². The van der Waals surface area contributed by atoms with Crippen LogP contribution in [0.2, 0.25) is 0 Å². The molecular formula is C19H34N2O3. The van der Waals surface area contributed by atoms with Gasteiger partial charge in [0.25, 0.3) is 0 Å². The number of aliphatic carboxylic acids is 1. The van der Waals surface area contributed by atoms with Crippen LogP contribution in [-0.4, -0.2) is 32.3 Å². The van der Waals surface area contributed by atoms with Gasteiger partial charge in [-0.1, -0.05) is 64.7 Å². The van der Waals surface area contributed by atoms with Crippen LogP contribution in [0.1, 0.15) is 82.7 Å². The molecule has 1 rings (SSSR count). The molecule has 1 aromatic rings. The summed E-state index contributed by atoms with van der Waals surface area (Å²) in [5.41, 5.74) is 0.944. The van der Waals surface area contributed by atoms with Crippen molar-refractivity contribution in [2.24, 2.45) is 0 Å². The number of nitrogens with zero attached hydrogens (tertiary/aromatic N) is 2. The number of aromatic nitrogens is 2. The summed E-state index contributed by atoms with van der Waals surface area (Å²) in [6.07, 6.45) is 15.7. The lowest BCUT2D eigenvalue weighted by molar-refractivity contribution is -0.136. The van der Waals surface area contributed by atoms with E-state index in [1.54, 1.807) is 4.57 Å². The first-order valence-electron chi connectivity index (χ1n) is 9.55. The van der Waals surface area contributed by atoms with Crippen LogP contribution in [0.4, 0.5) is 0 Å². The number of hydrogen-bond acceptors (Lipinski definition) is 3. The Balaban J connectivity index is 2.17. The quantitative estimate of drug-likeness (QED) is 0.475. The lowest BCUT2D eigenvalue weighted by Gasteiger charge is -2.02. The maximum Gasteiger partial charge on any atom is 0.311 e. The number of carboxylic acid groups (broad SMARTS) is 1. The van der Waals surface area contributed by atoms with E-state index in [1.165, 1.54) is 57.8 Å². The third kappa shape index (κ3) is 9.06. The van der Waals surface area contributed by atoms with Crippen LogP contribution in [0.5, 0.6) is 0 Å². The van der Waals surface area contributed by atoms with Gasteiger partial charge in [-0.15, -0.1) is 0 Å². The number of aliphatic hydroxyl groups is 1. The molecule has 24 heavy (non-hydrogen) atoms. The Hall–Kier alpha value is -1.36. The molecular weight excluding hydrogens is 304 g/mol. The number of carbonyl (C=O) groups is 1. The predicted octanol–water partition coefficient (Wildman–Crippen LogP) is 3.97. The summed E-state index contributed by atoms with van der Waals surface area (Å²) in [4.78, 5) is 15.3. The van der Waals surface area contributed by atoms with Crippen molar-refractivity contribution < 1.29 is 15.0 Å². The summed E-state index contributed by atoms with van der Waals surface area (Å²) >= 11 is 0. The van der Waals surface area contributed by atoms with Crippen LogP contribution in [0.15, 0.2) is 6.20 Å². The molecule has 5 heteroatoms. The first-order chi connectivity index (χ1) is 11.7. The maximum atomic E-state index is 10.9. The highest BCUT2D eigenvalue weighted by molar-refractivity contribution is 5.69. The highest BCUT2D eigenvalue weighted by Gasteiger charge is 2.11. The van der Waals surface area contributed by atoms with Gasteiger partial charge in [0.05, 0.1) is 12.3 Å². The molecule has 0 aliphatic rings. The zero-order valence-corrected chi connectivity index (χ0v) is 15.2. The molecule has 5 nitrogen and oxygen atoms in total. The fraction of sp³-hybridized carbons (Fsp3) is 0.789. The molecule has 0 aliphatic heterocycles. The molecule has 0 saturated heterocycles. The van der Waals surface area contributed by atoms with E-state index in [4.69, 9.17) is 10.2 Å². The molecule has 0 spiro atoms. The summed E-state index contributed by atoms with van der Waals surface area (Å²) in [5.74, 6) is -0.344. The van der Waals surface area contributed by atoms with Gasteiger partial charge in [-0.05, 0) is 12.8 Å². The molecule has 0 fully saturated rings. The van der Waals surface area contributed by atoms with Crippen molar-refractivity contribution in [1.29, 1.82) is 0 Å². The summed E-state index contributed by atoms with van der Waals surface area (Å²) in [7, 11) is 0. The van der Waals surface area contributed by atoms with Crippen LogP contribution < -0.4 is 0 Å². The number of unbranched alkanes of at least 4 members (excludes halogenated alkanes) is 9. The van der Waals surface area contributed by atoms with Crippen LogP contribution in [0, 0.1) is 0 Å². The number of hydrogen-bond donors (Lipinski definition) is 2. The van der Waals surface area contributed by atoms with Crippen molar-refractivity contribution >= 4 is 5.97 Å². The molecule has 0 aromatic carbocycles. The van der Waals surface area contributed by atoms with Crippen molar-refractivity contribution in [3.63, 3.8) is 0 Å². The van der Waals surface area contributed by atoms with Crippen LogP contribution in [0.25, 0.3) is 0 Å². The number of imidazole rings is 1. The van der Waals surface area contributed by atoms with Gasteiger partial charge in [0.15, 0.2) is 0 Å². The van der Waals surface area contributed by atoms with E-state index in [2.05, 4.69) is 11.9 Å². The fourth-order valence-corrected chi connectivity index (χ4v) is 3.00. The fourth-order valence-electron chi connectivity index (χ4n) is 3.00. The lowest BCUT2D eigenvalue weighted by atomic mass is 10.1. The van der Waals surface area contributed by atoms with E-state index in [1.807, 2.05) is 6.20 Å². The van der Waals surface area contributed by atoms with E-state index in [0.717, 1.165) is 18.5 Å². The van der Waals surface area contributed by atoms with Gasteiger partial charge in [-0.25, -0.2) is 4.98 Å². The molecule has 0 radical (unpaired) electrons. The highest BCUT2D eigenvalue weighted by atomic mass is 16.4. The Kier molecular flexibility index (Phi) is 11.2. The smallest absolute Gasteiger partial charge is 0.311 e. The van der Waals surface area contributed by atoms with Crippen molar-refractivity contribution in [2.45, 2.75) is 90.5 Å². The average molecular weight is 338 g/mol. The SMILES string of the molecule is CCCCCCCCCCCCc1cn(CCO)c(CC(=O)O)n1. The van der Waals surface area contributed by atoms with Crippen molar-refractivity contribution in [3.05, 3.63) is 17.7 Å². The molecule has 1 aromatic heterocycles. The normalized spacial score (nSPS) is 11.1. The molecule has 0 unspecified atom stereocenters. The summed E-state index contributed by atoms with van der Waals surface area (Å²) in [5, 5.41) is 18.0. The van der Waals surface area contributed by atoms with E-state index >= 15 is 0 Å². The van der Waals surface area contributed by atoms with Gasteiger partial charge in [-0.3, -0.25) is 4.79 Å². The van der Waals surface area contributed by atoms with Gasteiger partial charge >= 0.3 is 5.97 Å². The minimum Gasteiger partial charge on any atom is -0.481 e. The molecule has 138 valence electrons. The molecule has 0 saturated carbocycles. The molecule has 0 amide bonds. The standard InChI is InChI=1S/C19H34N2O3/c1-2-3-4-5-6-7-8-9-10-11-12-17-16-21(13-14-22)18(20-17)15-19(23)24/h16,22H,2-15H2,1H3,(H,23,24). The Morgan fingerprint density at radius 3 is 2.17 bits per heavy atom. The van der Waals surface area contributed by atoms with Crippen LogP contribution in [-0.2, 0) is 24.2 Å². The van der Waals surface area contributed by atoms with E-state index < -0.39 is 5.97 Å². The molecule has 0 atom stereocenters. The lowest BCUT2D eigenvalue weighted by Crippen LogP contribution is -2.10. The van der Waals surface area contributed by atoms with Crippen LogP contribution >= 0.6 is 0 Å². The van der Waals surface area contributed by atoms with Crippen molar-refractivity contribution in [3.8, 4) is 0 Å². The minimum absolute atomic E-state index is 0.000670. The minimum atomic E-state index is -0.884. The second kappa shape index (κ2) is 13.0. The summed E-state index contributed by atoms with van der Waals surface area (Å²) in [6, 6.07) is 0. The number of aliphatic hydroxyl groups excluding tert-OH is 1. The van der Waals surface area contributed by atoms with Crippen molar-refractivity contribution in [1.82, 2.24) is 9.55 Å². The average Bonchev–Trinajstić information content (AvgIpc) is 2.90. The number of rotatable bonds is 15. The predicted molar refractivity (Wildman–Crippen MR) is 96.2 cm³/mol. The monoisotopic (exact) mass is 338 g/mol. The van der Waals surface area contributed by atoms with E-state index in [-0.39, 0.29) is 13.0 Å². The Labute approximate surface area is 146 Å². The van der Waals surface area contributed by atoms with E-state index in [9.17, 15) is 4.79 Å². The topological polar surface area (TPSA) is 75.4 Å².